The first-order valence-corrected chi connectivity index (χ1v) is 8.55. The van der Waals surface area contributed by atoms with Crippen molar-refractivity contribution in [3.8, 4) is 0 Å². The average molecular weight is 430 g/mol. The Labute approximate surface area is 134 Å². The number of rotatable bonds is 6. The standard InChI is InChI=1S/C11H14Br2N2O4S/c1-15(6-5-11(16)19-2)20(17,18)14-10-4-3-8(12)7-9(10)13/h3-4,7,14H,5-6H2,1-2H3. The van der Waals surface area contributed by atoms with Crippen LogP contribution in [-0.2, 0) is 19.7 Å². The molecule has 0 aliphatic carbocycles. The molecule has 0 spiro atoms. The lowest BCUT2D eigenvalue weighted by Crippen LogP contribution is -2.34. The van der Waals surface area contributed by atoms with E-state index in [9.17, 15) is 13.2 Å². The lowest BCUT2D eigenvalue weighted by molar-refractivity contribution is -0.140. The van der Waals surface area contributed by atoms with Crippen LogP contribution in [0.15, 0.2) is 27.1 Å². The van der Waals surface area contributed by atoms with Gasteiger partial charge in [-0.3, -0.25) is 9.52 Å². The number of methoxy groups -OCH3 is 1. The smallest absolute Gasteiger partial charge is 0.306 e. The fourth-order valence-electron chi connectivity index (χ4n) is 1.26. The molecule has 0 aliphatic rings. The lowest BCUT2D eigenvalue weighted by atomic mass is 10.3. The molecule has 9 heteroatoms. The van der Waals surface area contributed by atoms with Crippen molar-refractivity contribution in [1.29, 1.82) is 0 Å². The fraction of sp³-hybridized carbons (Fsp3) is 0.364. The molecule has 0 aromatic heterocycles. The van der Waals surface area contributed by atoms with Crippen LogP contribution in [0.1, 0.15) is 6.42 Å². The number of nitrogens with one attached hydrogen (secondary N) is 1. The third-order valence-corrected chi connectivity index (χ3v) is 5.07. The highest BCUT2D eigenvalue weighted by molar-refractivity contribution is 9.11. The number of halogens is 2. The van der Waals surface area contributed by atoms with Gasteiger partial charge in [0.1, 0.15) is 0 Å². The maximum absolute atomic E-state index is 12.1. The highest BCUT2D eigenvalue weighted by Crippen LogP contribution is 2.27. The largest absolute Gasteiger partial charge is 0.469 e. The predicted octanol–water partition coefficient (Wildman–Crippen LogP) is 2.36. The zero-order valence-electron chi connectivity index (χ0n) is 10.9. The Bertz CT molecular complexity index is 592. The summed E-state index contributed by atoms with van der Waals surface area (Å²) in [6, 6.07) is 5.07. The summed E-state index contributed by atoms with van der Waals surface area (Å²) in [5, 5.41) is 0. The van der Waals surface area contributed by atoms with Gasteiger partial charge in [0.2, 0.25) is 0 Å². The van der Waals surface area contributed by atoms with Crippen molar-refractivity contribution in [2.75, 3.05) is 25.4 Å². The molecule has 0 unspecified atom stereocenters. The molecule has 1 aromatic carbocycles. The quantitative estimate of drug-likeness (QED) is 0.704. The number of anilines is 1. The van der Waals surface area contributed by atoms with Gasteiger partial charge in [0.25, 0.3) is 0 Å². The number of esters is 1. The molecule has 20 heavy (non-hydrogen) atoms. The van der Waals surface area contributed by atoms with E-state index >= 15 is 0 Å². The molecule has 112 valence electrons. The van der Waals surface area contributed by atoms with Crippen molar-refractivity contribution in [2.24, 2.45) is 0 Å². The van der Waals surface area contributed by atoms with Crippen molar-refractivity contribution in [1.82, 2.24) is 4.31 Å². The summed E-state index contributed by atoms with van der Waals surface area (Å²) in [6.07, 6.45) is -0.00455. The molecular formula is C11H14Br2N2O4S. The molecule has 0 atom stereocenters. The van der Waals surface area contributed by atoms with Crippen LogP contribution in [0.3, 0.4) is 0 Å². The van der Waals surface area contributed by atoms with Gasteiger partial charge in [-0.15, -0.1) is 0 Å². The van der Waals surface area contributed by atoms with Crippen molar-refractivity contribution in [2.45, 2.75) is 6.42 Å². The van der Waals surface area contributed by atoms with Gasteiger partial charge in [-0.05, 0) is 34.1 Å². The number of ether oxygens (including phenoxy) is 1. The van der Waals surface area contributed by atoms with Gasteiger partial charge in [-0.1, -0.05) is 15.9 Å². The molecule has 0 saturated carbocycles. The molecule has 1 aromatic rings. The van der Waals surface area contributed by atoms with Crippen LogP contribution in [0.2, 0.25) is 0 Å². The molecule has 0 aliphatic heterocycles. The van der Waals surface area contributed by atoms with Crippen LogP contribution < -0.4 is 4.72 Å². The van der Waals surface area contributed by atoms with E-state index in [0.29, 0.717) is 10.2 Å². The van der Waals surface area contributed by atoms with E-state index in [0.717, 1.165) is 8.78 Å². The third kappa shape index (κ3) is 5.04. The Morgan fingerprint density at radius 2 is 2.05 bits per heavy atom. The maximum Gasteiger partial charge on any atom is 0.306 e. The molecular weight excluding hydrogens is 416 g/mol. The van der Waals surface area contributed by atoms with Gasteiger partial charge >= 0.3 is 16.2 Å². The Morgan fingerprint density at radius 1 is 1.40 bits per heavy atom. The molecule has 6 nitrogen and oxygen atoms in total. The van der Waals surface area contributed by atoms with E-state index in [1.54, 1.807) is 18.2 Å². The molecule has 0 saturated heterocycles. The van der Waals surface area contributed by atoms with Crippen molar-refractivity contribution >= 4 is 53.7 Å². The molecule has 0 heterocycles. The van der Waals surface area contributed by atoms with E-state index in [4.69, 9.17) is 0 Å². The minimum absolute atomic E-state index is 0.00455. The highest BCUT2D eigenvalue weighted by atomic mass is 79.9. The van der Waals surface area contributed by atoms with Gasteiger partial charge in [0.15, 0.2) is 0 Å². The van der Waals surface area contributed by atoms with E-state index in [-0.39, 0.29) is 13.0 Å². The van der Waals surface area contributed by atoms with E-state index < -0.39 is 16.2 Å². The average Bonchev–Trinajstić information content (AvgIpc) is 2.38. The number of hydrogen-bond donors (Lipinski definition) is 1. The summed E-state index contributed by atoms with van der Waals surface area (Å²) in [5.41, 5.74) is 0.415. The second kappa shape index (κ2) is 7.39. The van der Waals surface area contributed by atoms with Crippen molar-refractivity contribution in [3.05, 3.63) is 27.1 Å². The summed E-state index contributed by atoms with van der Waals surface area (Å²) in [6.45, 7) is 0.0379. The summed E-state index contributed by atoms with van der Waals surface area (Å²) >= 11 is 6.56. The van der Waals surface area contributed by atoms with Gasteiger partial charge in [0, 0.05) is 22.5 Å². The summed E-state index contributed by atoms with van der Waals surface area (Å²) in [5.74, 6) is -0.461. The molecule has 0 fully saturated rings. The van der Waals surface area contributed by atoms with E-state index in [2.05, 4.69) is 41.3 Å². The number of nitrogens with zero attached hydrogens (tertiary/aromatic N) is 1. The predicted molar refractivity (Wildman–Crippen MR) is 83.6 cm³/mol. The summed E-state index contributed by atoms with van der Waals surface area (Å²) < 4.78 is 33.5. The van der Waals surface area contributed by atoms with Crippen molar-refractivity contribution in [3.63, 3.8) is 0 Å². The highest BCUT2D eigenvalue weighted by Gasteiger charge is 2.19. The molecule has 0 amide bonds. The second-order valence-corrected chi connectivity index (χ2v) is 7.43. The molecule has 1 rings (SSSR count). The van der Waals surface area contributed by atoms with Gasteiger partial charge in [0.05, 0.1) is 19.2 Å². The summed E-state index contributed by atoms with van der Waals surface area (Å²) in [4.78, 5) is 11.0. The zero-order valence-corrected chi connectivity index (χ0v) is 14.9. The van der Waals surface area contributed by atoms with Gasteiger partial charge < -0.3 is 4.74 Å². The number of carbonyl (C=O) groups is 1. The second-order valence-electron chi connectivity index (χ2n) is 3.88. The zero-order chi connectivity index (χ0) is 15.3. The van der Waals surface area contributed by atoms with Gasteiger partial charge in [-0.2, -0.15) is 12.7 Å². The Hall–Kier alpha value is -0.640. The monoisotopic (exact) mass is 428 g/mol. The van der Waals surface area contributed by atoms with Crippen LogP contribution >= 0.6 is 31.9 Å². The van der Waals surface area contributed by atoms with E-state index in [1.807, 2.05) is 0 Å². The van der Waals surface area contributed by atoms with Crippen LogP contribution in [0.4, 0.5) is 5.69 Å². The third-order valence-electron chi connectivity index (χ3n) is 2.44. The summed E-state index contributed by atoms with van der Waals surface area (Å²) in [7, 11) is -1.08. The maximum atomic E-state index is 12.1. The Kier molecular flexibility index (Phi) is 6.44. The number of hydrogen-bond acceptors (Lipinski definition) is 4. The Balaban J connectivity index is 2.76. The van der Waals surface area contributed by atoms with Crippen LogP contribution in [-0.4, -0.2) is 39.4 Å². The number of carbonyl (C=O) groups excluding carboxylic acids is 1. The van der Waals surface area contributed by atoms with Gasteiger partial charge in [-0.25, -0.2) is 0 Å². The van der Waals surface area contributed by atoms with Crippen LogP contribution in [0.25, 0.3) is 0 Å². The van der Waals surface area contributed by atoms with E-state index in [1.165, 1.54) is 14.2 Å². The fourth-order valence-corrected chi connectivity index (χ4v) is 3.48. The lowest BCUT2D eigenvalue weighted by Gasteiger charge is -2.18. The molecule has 1 N–H and O–H groups in total. The van der Waals surface area contributed by atoms with Crippen LogP contribution in [0.5, 0.6) is 0 Å². The van der Waals surface area contributed by atoms with Crippen LogP contribution in [0, 0.1) is 0 Å². The number of benzene rings is 1. The first-order valence-electron chi connectivity index (χ1n) is 5.52. The topological polar surface area (TPSA) is 75.7 Å². The first-order chi connectivity index (χ1) is 9.26. The van der Waals surface area contributed by atoms with Crippen molar-refractivity contribution < 1.29 is 17.9 Å². The minimum Gasteiger partial charge on any atom is -0.469 e. The SMILES string of the molecule is COC(=O)CCN(C)S(=O)(=O)Nc1ccc(Br)cc1Br. The minimum atomic E-state index is -3.72. The normalized spacial score (nSPS) is 11.4. The molecule has 0 bridgehead atoms. The first kappa shape index (κ1) is 17.4. The Morgan fingerprint density at radius 3 is 2.60 bits per heavy atom. The molecule has 0 radical (unpaired) electrons.